The molecule has 0 bridgehead atoms. The summed E-state index contributed by atoms with van der Waals surface area (Å²) in [5.41, 5.74) is 4.10. The van der Waals surface area contributed by atoms with E-state index in [2.05, 4.69) is 0 Å². The molecule has 0 radical (unpaired) electrons. The molecule has 0 aromatic heterocycles. The van der Waals surface area contributed by atoms with E-state index in [0.29, 0.717) is 12.8 Å². The standard InChI is InChI=1S/C11H19NO3/c1-5-6-8(14)9(7(2)13)11(3,4)10(12)15/h9H,5-6H2,1-4H3,(H2,12,15). The minimum absolute atomic E-state index is 0.200. The molecule has 0 saturated heterocycles. The van der Waals surface area contributed by atoms with E-state index < -0.39 is 17.2 Å². The van der Waals surface area contributed by atoms with E-state index in [1.807, 2.05) is 6.92 Å². The number of hydrogen-bond donors (Lipinski definition) is 1. The Balaban J connectivity index is 5.06. The van der Waals surface area contributed by atoms with Gasteiger partial charge in [0.05, 0.1) is 11.3 Å². The molecule has 0 fully saturated rings. The van der Waals surface area contributed by atoms with Gasteiger partial charge < -0.3 is 5.73 Å². The van der Waals surface area contributed by atoms with E-state index in [-0.39, 0.29) is 11.6 Å². The van der Waals surface area contributed by atoms with Crippen LogP contribution in [-0.2, 0) is 14.4 Å². The van der Waals surface area contributed by atoms with E-state index in [1.54, 1.807) is 0 Å². The first-order valence-electron chi connectivity index (χ1n) is 5.08. The molecule has 4 nitrogen and oxygen atoms in total. The van der Waals surface area contributed by atoms with Gasteiger partial charge in [-0.1, -0.05) is 6.92 Å². The van der Waals surface area contributed by atoms with Crippen LogP contribution in [0.25, 0.3) is 0 Å². The average Bonchev–Trinajstić information content (AvgIpc) is 2.02. The number of amides is 1. The Bertz CT molecular complexity index is 282. The molecule has 86 valence electrons. The van der Waals surface area contributed by atoms with Crippen molar-refractivity contribution in [1.82, 2.24) is 0 Å². The fraction of sp³-hybridized carbons (Fsp3) is 0.727. The Morgan fingerprint density at radius 1 is 1.27 bits per heavy atom. The van der Waals surface area contributed by atoms with Crippen LogP contribution in [0.1, 0.15) is 40.5 Å². The van der Waals surface area contributed by atoms with E-state index in [1.165, 1.54) is 20.8 Å². The summed E-state index contributed by atoms with van der Waals surface area (Å²) in [6.07, 6.45) is 0.971. The van der Waals surface area contributed by atoms with Crippen molar-refractivity contribution in [3.05, 3.63) is 0 Å². The zero-order valence-electron chi connectivity index (χ0n) is 9.79. The van der Waals surface area contributed by atoms with Crippen molar-refractivity contribution < 1.29 is 14.4 Å². The van der Waals surface area contributed by atoms with E-state index in [4.69, 9.17) is 5.73 Å². The van der Waals surface area contributed by atoms with Crippen LogP contribution < -0.4 is 5.73 Å². The minimum atomic E-state index is -1.10. The van der Waals surface area contributed by atoms with Crippen molar-refractivity contribution in [3.8, 4) is 0 Å². The van der Waals surface area contributed by atoms with Gasteiger partial charge >= 0.3 is 0 Å². The SMILES string of the molecule is CCCC(=O)C(C(C)=O)C(C)(C)C(N)=O. The molecule has 0 aromatic carbocycles. The average molecular weight is 213 g/mol. The van der Waals surface area contributed by atoms with Crippen LogP contribution in [0.4, 0.5) is 0 Å². The molecule has 0 aliphatic rings. The van der Waals surface area contributed by atoms with Gasteiger partial charge in [0.2, 0.25) is 5.91 Å². The molecule has 4 heteroatoms. The summed E-state index contributed by atoms with van der Waals surface area (Å²) in [6.45, 7) is 6.25. The number of Topliss-reactive ketones (excluding diaryl/α,β-unsaturated/α-hetero) is 2. The van der Waals surface area contributed by atoms with Gasteiger partial charge in [0, 0.05) is 6.42 Å². The second-order valence-electron chi connectivity index (χ2n) is 4.35. The van der Waals surface area contributed by atoms with Gasteiger partial charge in [-0.05, 0) is 27.2 Å². The third kappa shape index (κ3) is 3.15. The Morgan fingerprint density at radius 2 is 1.73 bits per heavy atom. The van der Waals surface area contributed by atoms with Crippen molar-refractivity contribution in [3.63, 3.8) is 0 Å². The third-order valence-corrected chi connectivity index (χ3v) is 2.58. The molecule has 0 saturated carbocycles. The van der Waals surface area contributed by atoms with Crippen molar-refractivity contribution in [2.75, 3.05) is 0 Å². The van der Waals surface area contributed by atoms with Gasteiger partial charge in [-0.25, -0.2) is 0 Å². The summed E-state index contributed by atoms with van der Waals surface area (Å²) in [4.78, 5) is 34.3. The molecule has 0 aromatic rings. The van der Waals surface area contributed by atoms with Crippen molar-refractivity contribution in [2.45, 2.75) is 40.5 Å². The van der Waals surface area contributed by atoms with Crippen LogP contribution in [0.15, 0.2) is 0 Å². The van der Waals surface area contributed by atoms with Gasteiger partial charge in [0.1, 0.15) is 11.6 Å². The molecule has 2 N–H and O–H groups in total. The first-order chi connectivity index (χ1) is 6.75. The van der Waals surface area contributed by atoms with Crippen LogP contribution in [0.3, 0.4) is 0 Å². The number of carbonyl (C=O) groups excluding carboxylic acids is 3. The highest BCUT2D eigenvalue weighted by Gasteiger charge is 2.42. The van der Waals surface area contributed by atoms with Gasteiger partial charge in [0.25, 0.3) is 0 Å². The zero-order valence-corrected chi connectivity index (χ0v) is 9.79. The van der Waals surface area contributed by atoms with Gasteiger partial charge in [-0.3, -0.25) is 14.4 Å². The lowest BCUT2D eigenvalue weighted by molar-refractivity contribution is -0.144. The first-order valence-corrected chi connectivity index (χ1v) is 5.08. The number of rotatable bonds is 6. The first kappa shape index (κ1) is 13.8. The molecule has 0 rings (SSSR count). The Labute approximate surface area is 90.2 Å². The predicted octanol–water partition coefficient (Wildman–Crippen LogP) is 1.07. The lowest BCUT2D eigenvalue weighted by atomic mass is 9.73. The fourth-order valence-corrected chi connectivity index (χ4v) is 1.67. The molecule has 1 amide bonds. The summed E-state index contributed by atoms with van der Waals surface area (Å²) >= 11 is 0. The normalized spacial score (nSPS) is 13.3. The maximum absolute atomic E-state index is 11.7. The number of nitrogens with two attached hydrogens (primary N) is 1. The predicted molar refractivity (Wildman–Crippen MR) is 57.1 cm³/mol. The fourth-order valence-electron chi connectivity index (χ4n) is 1.67. The van der Waals surface area contributed by atoms with Crippen LogP contribution in [0, 0.1) is 11.3 Å². The second-order valence-corrected chi connectivity index (χ2v) is 4.35. The molecular formula is C11H19NO3. The highest BCUT2D eigenvalue weighted by atomic mass is 16.2. The van der Waals surface area contributed by atoms with Gasteiger partial charge in [-0.15, -0.1) is 0 Å². The monoisotopic (exact) mass is 213 g/mol. The number of carbonyl (C=O) groups is 3. The summed E-state index contributed by atoms with van der Waals surface area (Å²) in [5.74, 6) is -2.02. The Morgan fingerprint density at radius 3 is 2.00 bits per heavy atom. The third-order valence-electron chi connectivity index (χ3n) is 2.58. The van der Waals surface area contributed by atoms with Crippen LogP contribution in [0.5, 0.6) is 0 Å². The molecule has 1 unspecified atom stereocenters. The lowest BCUT2D eigenvalue weighted by Gasteiger charge is -2.28. The topological polar surface area (TPSA) is 77.2 Å². The maximum Gasteiger partial charge on any atom is 0.224 e. The smallest absolute Gasteiger partial charge is 0.224 e. The molecule has 15 heavy (non-hydrogen) atoms. The minimum Gasteiger partial charge on any atom is -0.369 e. The zero-order chi connectivity index (χ0) is 12.2. The number of ketones is 2. The highest BCUT2D eigenvalue weighted by Crippen LogP contribution is 2.29. The van der Waals surface area contributed by atoms with E-state index in [0.717, 1.165) is 0 Å². The van der Waals surface area contributed by atoms with Gasteiger partial charge in [-0.2, -0.15) is 0 Å². The summed E-state index contributed by atoms with van der Waals surface area (Å²) in [5, 5.41) is 0. The number of hydrogen-bond acceptors (Lipinski definition) is 3. The largest absolute Gasteiger partial charge is 0.369 e. The quantitative estimate of drug-likeness (QED) is 0.670. The molecule has 0 aliphatic heterocycles. The van der Waals surface area contributed by atoms with Crippen LogP contribution >= 0.6 is 0 Å². The second kappa shape index (κ2) is 5.05. The number of primary amides is 1. The van der Waals surface area contributed by atoms with Gasteiger partial charge in [0.15, 0.2) is 0 Å². The summed E-state index contributed by atoms with van der Waals surface area (Å²) in [6, 6.07) is 0. The lowest BCUT2D eigenvalue weighted by Crippen LogP contribution is -2.45. The van der Waals surface area contributed by atoms with E-state index in [9.17, 15) is 14.4 Å². The molecule has 1 atom stereocenters. The Kier molecular flexibility index (Phi) is 4.65. The van der Waals surface area contributed by atoms with Crippen LogP contribution in [0.2, 0.25) is 0 Å². The Hall–Kier alpha value is -1.19. The van der Waals surface area contributed by atoms with E-state index >= 15 is 0 Å². The van der Waals surface area contributed by atoms with Crippen molar-refractivity contribution in [1.29, 1.82) is 0 Å². The molecule has 0 aliphatic carbocycles. The molecule has 0 heterocycles. The summed E-state index contributed by atoms with van der Waals surface area (Å²) < 4.78 is 0. The molecular weight excluding hydrogens is 194 g/mol. The maximum atomic E-state index is 11.7. The van der Waals surface area contributed by atoms with Crippen molar-refractivity contribution >= 4 is 17.5 Å². The van der Waals surface area contributed by atoms with Crippen LogP contribution in [-0.4, -0.2) is 17.5 Å². The molecule has 0 spiro atoms. The highest BCUT2D eigenvalue weighted by molar-refractivity contribution is 6.06. The summed E-state index contributed by atoms with van der Waals surface area (Å²) in [7, 11) is 0. The van der Waals surface area contributed by atoms with Crippen molar-refractivity contribution in [2.24, 2.45) is 17.1 Å².